The molecule has 2 rings (SSSR count). The highest BCUT2D eigenvalue weighted by Crippen LogP contribution is 2.23. The van der Waals surface area contributed by atoms with Gasteiger partial charge in [-0.1, -0.05) is 45.0 Å². The van der Waals surface area contributed by atoms with Gasteiger partial charge in [0.05, 0.1) is 12.1 Å². The first-order valence-electron chi connectivity index (χ1n) is 7.70. The minimum Gasteiger partial charge on any atom is -0.343 e. The minimum absolute atomic E-state index is 0.0647. The van der Waals surface area contributed by atoms with Gasteiger partial charge in [-0.2, -0.15) is 0 Å². The van der Waals surface area contributed by atoms with Crippen molar-refractivity contribution >= 4 is 40.1 Å². The largest absolute Gasteiger partial charge is 0.343 e. The Balaban J connectivity index is 1.90. The first kappa shape index (κ1) is 18.4. The third-order valence-electron chi connectivity index (χ3n) is 3.56. The Kier molecular flexibility index (Phi) is 5.99. The Morgan fingerprint density at radius 2 is 1.62 bits per heavy atom. The zero-order valence-corrected chi connectivity index (χ0v) is 16.2. The van der Waals surface area contributed by atoms with E-state index in [4.69, 9.17) is 0 Å². The molecule has 0 atom stereocenters. The quantitative estimate of drug-likeness (QED) is 0.714. The molecule has 0 aliphatic rings. The van der Waals surface area contributed by atoms with Crippen LogP contribution in [0.4, 0.5) is 5.69 Å². The molecule has 0 bridgehead atoms. The molecule has 0 spiro atoms. The summed E-state index contributed by atoms with van der Waals surface area (Å²) in [5.41, 5.74) is 2.56. The van der Waals surface area contributed by atoms with Crippen LogP contribution >= 0.6 is 22.6 Å². The van der Waals surface area contributed by atoms with E-state index in [-0.39, 0.29) is 23.8 Å². The highest BCUT2D eigenvalue weighted by Gasteiger charge is 2.14. The van der Waals surface area contributed by atoms with E-state index in [1.54, 1.807) is 12.1 Å². The molecular weight excluding hydrogens is 415 g/mol. The van der Waals surface area contributed by atoms with E-state index in [9.17, 15) is 9.59 Å². The Hall–Kier alpha value is -1.89. The fourth-order valence-corrected chi connectivity index (χ4v) is 2.79. The van der Waals surface area contributed by atoms with Crippen LogP contribution in [0.1, 0.15) is 36.7 Å². The molecule has 0 saturated carbocycles. The van der Waals surface area contributed by atoms with Crippen molar-refractivity contribution in [3.8, 4) is 0 Å². The van der Waals surface area contributed by atoms with Crippen molar-refractivity contribution < 1.29 is 9.59 Å². The third-order valence-corrected chi connectivity index (χ3v) is 4.50. The second kappa shape index (κ2) is 7.79. The number of benzene rings is 2. The maximum absolute atomic E-state index is 12.1. The number of carbonyl (C=O) groups is 2. The Labute approximate surface area is 156 Å². The van der Waals surface area contributed by atoms with Gasteiger partial charge < -0.3 is 10.6 Å². The molecule has 0 aliphatic carbocycles. The first-order chi connectivity index (χ1) is 11.3. The van der Waals surface area contributed by atoms with Crippen LogP contribution in [0.3, 0.4) is 0 Å². The van der Waals surface area contributed by atoms with Gasteiger partial charge in [0.2, 0.25) is 5.91 Å². The van der Waals surface area contributed by atoms with Gasteiger partial charge in [-0.15, -0.1) is 0 Å². The smallest absolute Gasteiger partial charge is 0.252 e. The van der Waals surface area contributed by atoms with Crippen molar-refractivity contribution in [2.24, 2.45) is 0 Å². The van der Waals surface area contributed by atoms with E-state index < -0.39 is 0 Å². The van der Waals surface area contributed by atoms with Crippen molar-refractivity contribution in [3.05, 3.63) is 63.2 Å². The zero-order chi connectivity index (χ0) is 17.7. The third kappa shape index (κ3) is 5.06. The van der Waals surface area contributed by atoms with Gasteiger partial charge in [-0.3, -0.25) is 9.59 Å². The summed E-state index contributed by atoms with van der Waals surface area (Å²) < 4.78 is 0.853. The molecule has 0 radical (unpaired) electrons. The zero-order valence-electron chi connectivity index (χ0n) is 14.0. The number of nitrogens with one attached hydrogen (secondary N) is 2. The molecule has 24 heavy (non-hydrogen) atoms. The van der Waals surface area contributed by atoms with Crippen LogP contribution in [0.2, 0.25) is 0 Å². The van der Waals surface area contributed by atoms with Crippen LogP contribution in [0, 0.1) is 3.57 Å². The molecule has 0 unspecified atom stereocenters. The average Bonchev–Trinajstić information content (AvgIpc) is 2.53. The summed E-state index contributed by atoms with van der Waals surface area (Å²) in [6.45, 7) is 6.36. The first-order valence-corrected chi connectivity index (χ1v) is 8.78. The molecule has 2 aromatic carbocycles. The molecule has 2 amide bonds. The molecule has 4 nitrogen and oxygen atoms in total. The van der Waals surface area contributed by atoms with Crippen molar-refractivity contribution in [1.82, 2.24) is 5.32 Å². The van der Waals surface area contributed by atoms with Gasteiger partial charge >= 0.3 is 0 Å². The summed E-state index contributed by atoms with van der Waals surface area (Å²) in [6.07, 6.45) is 0. The fourth-order valence-electron chi connectivity index (χ4n) is 2.16. The van der Waals surface area contributed by atoms with E-state index in [0.717, 1.165) is 9.26 Å². The highest BCUT2D eigenvalue weighted by atomic mass is 127. The van der Waals surface area contributed by atoms with Crippen LogP contribution in [0.5, 0.6) is 0 Å². The van der Waals surface area contributed by atoms with Gasteiger partial charge in [-0.05, 0) is 57.8 Å². The standard InChI is InChI=1S/C19H21IN2O2/c1-19(2,3)13-8-10-14(11-9-13)22-17(23)12-21-18(24)15-6-4-5-7-16(15)20/h4-11H,12H2,1-3H3,(H,21,24)(H,22,23). The SMILES string of the molecule is CC(C)(C)c1ccc(NC(=O)CNC(=O)c2ccccc2I)cc1. The Morgan fingerprint density at radius 3 is 2.21 bits per heavy atom. The summed E-state index contributed by atoms with van der Waals surface area (Å²) in [6, 6.07) is 15.0. The lowest BCUT2D eigenvalue weighted by atomic mass is 9.87. The second-order valence-electron chi connectivity index (χ2n) is 6.54. The fraction of sp³-hybridized carbons (Fsp3) is 0.263. The Morgan fingerprint density at radius 1 is 1.00 bits per heavy atom. The van der Waals surface area contributed by atoms with Crippen LogP contribution in [0.25, 0.3) is 0 Å². The van der Waals surface area contributed by atoms with Gasteiger partial charge in [0.25, 0.3) is 5.91 Å². The van der Waals surface area contributed by atoms with Crippen molar-refractivity contribution in [2.45, 2.75) is 26.2 Å². The number of halogens is 1. The molecule has 126 valence electrons. The molecule has 2 aromatic rings. The van der Waals surface area contributed by atoms with E-state index in [2.05, 4.69) is 54.0 Å². The van der Waals surface area contributed by atoms with E-state index in [1.165, 1.54) is 5.56 Å². The van der Waals surface area contributed by atoms with Crippen molar-refractivity contribution in [3.63, 3.8) is 0 Å². The number of amides is 2. The summed E-state index contributed by atoms with van der Waals surface area (Å²) in [5.74, 6) is -0.504. The molecule has 2 N–H and O–H groups in total. The predicted octanol–water partition coefficient (Wildman–Crippen LogP) is 3.96. The van der Waals surface area contributed by atoms with Crippen LogP contribution in [-0.4, -0.2) is 18.4 Å². The lowest BCUT2D eigenvalue weighted by Crippen LogP contribution is -2.33. The second-order valence-corrected chi connectivity index (χ2v) is 7.70. The molecule has 5 heteroatoms. The molecule has 0 aliphatic heterocycles. The van der Waals surface area contributed by atoms with Gasteiger partial charge in [0, 0.05) is 9.26 Å². The summed E-state index contributed by atoms with van der Waals surface area (Å²) in [5, 5.41) is 5.43. The number of hydrogen-bond donors (Lipinski definition) is 2. The lowest BCUT2D eigenvalue weighted by molar-refractivity contribution is -0.115. The average molecular weight is 436 g/mol. The summed E-state index contributed by atoms with van der Waals surface area (Å²) in [7, 11) is 0. The summed E-state index contributed by atoms with van der Waals surface area (Å²) >= 11 is 2.10. The van der Waals surface area contributed by atoms with Gasteiger partial charge in [-0.25, -0.2) is 0 Å². The maximum Gasteiger partial charge on any atom is 0.252 e. The van der Waals surface area contributed by atoms with Crippen LogP contribution < -0.4 is 10.6 Å². The van der Waals surface area contributed by atoms with Crippen LogP contribution in [0.15, 0.2) is 48.5 Å². The Bertz CT molecular complexity index is 734. The van der Waals surface area contributed by atoms with E-state index in [0.29, 0.717) is 5.56 Å². The van der Waals surface area contributed by atoms with E-state index >= 15 is 0 Å². The van der Waals surface area contributed by atoms with Gasteiger partial charge in [0.1, 0.15) is 0 Å². The number of anilines is 1. The number of rotatable bonds is 4. The topological polar surface area (TPSA) is 58.2 Å². The van der Waals surface area contributed by atoms with Gasteiger partial charge in [0.15, 0.2) is 0 Å². The summed E-state index contributed by atoms with van der Waals surface area (Å²) in [4.78, 5) is 24.1. The monoisotopic (exact) mass is 436 g/mol. The molecule has 0 saturated heterocycles. The predicted molar refractivity (Wildman–Crippen MR) is 105 cm³/mol. The number of carbonyl (C=O) groups excluding carboxylic acids is 2. The normalized spacial score (nSPS) is 11.0. The van der Waals surface area contributed by atoms with Crippen molar-refractivity contribution in [2.75, 3.05) is 11.9 Å². The highest BCUT2D eigenvalue weighted by molar-refractivity contribution is 14.1. The molecule has 0 fully saturated rings. The van der Waals surface area contributed by atoms with Crippen molar-refractivity contribution in [1.29, 1.82) is 0 Å². The lowest BCUT2D eigenvalue weighted by Gasteiger charge is -2.19. The molecule has 0 heterocycles. The van der Waals surface area contributed by atoms with E-state index in [1.807, 2.05) is 36.4 Å². The molecular formula is C19H21IN2O2. The minimum atomic E-state index is -0.252. The van der Waals surface area contributed by atoms with Crippen LogP contribution in [-0.2, 0) is 10.2 Å². The number of hydrogen-bond acceptors (Lipinski definition) is 2. The maximum atomic E-state index is 12.1. The molecule has 0 aromatic heterocycles.